The number of amides is 3. The Morgan fingerprint density at radius 3 is 2.89 bits per heavy atom. The highest BCUT2D eigenvalue weighted by atomic mass is 16.5. The molecule has 9 nitrogen and oxygen atoms in total. The first-order valence-corrected chi connectivity index (χ1v) is 9.17. The second kappa shape index (κ2) is 8.83. The van der Waals surface area contributed by atoms with Gasteiger partial charge in [-0.25, -0.2) is 0 Å². The van der Waals surface area contributed by atoms with Gasteiger partial charge < -0.3 is 25.0 Å². The molecule has 2 aliphatic rings. The lowest BCUT2D eigenvalue weighted by molar-refractivity contribution is -0.145. The lowest BCUT2D eigenvalue weighted by Gasteiger charge is -2.34. The van der Waals surface area contributed by atoms with Crippen LogP contribution in [0.2, 0.25) is 0 Å². The molecule has 1 aromatic carbocycles. The maximum atomic E-state index is 13.0. The molecular formula is C19H23N3O6. The van der Waals surface area contributed by atoms with Crippen molar-refractivity contribution in [2.45, 2.75) is 31.4 Å². The molecule has 2 N–H and O–H groups in total. The Morgan fingerprint density at radius 2 is 2.18 bits per heavy atom. The Morgan fingerprint density at radius 1 is 1.36 bits per heavy atom. The maximum Gasteiger partial charge on any atom is 0.308 e. The Kier molecular flexibility index (Phi) is 6.25. The summed E-state index contributed by atoms with van der Waals surface area (Å²) >= 11 is 0. The van der Waals surface area contributed by atoms with Gasteiger partial charge in [0.15, 0.2) is 0 Å². The van der Waals surface area contributed by atoms with Crippen LogP contribution in [0.15, 0.2) is 24.3 Å². The molecule has 150 valence electrons. The molecule has 2 atom stereocenters. The van der Waals surface area contributed by atoms with E-state index in [4.69, 9.17) is 4.74 Å². The first-order chi connectivity index (χ1) is 13.5. The average molecular weight is 389 g/mol. The van der Waals surface area contributed by atoms with E-state index in [1.54, 1.807) is 24.3 Å². The number of esters is 1. The lowest BCUT2D eigenvalue weighted by atomic mass is 10.1. The number of carbonyl (C=O) groups is 4. The van der Waals surface area contributed by atoms with E-state index >= 15 is 0 Å². The van der Waals surface area contributed by atoms with Crippen molar-refractivity contribution in [2.24, 2.45) is 0 Å². The second-order valence-corrected chi connectivity index (χ2v) is 6.66. The Labute approximate surface area is 162 Å². The van der Waals surface area contributed by atoms with Crippen LogP contribution in [0.4, 0.5) is 5.69 Å². The molecule has 3 rings (SSSR count). The molecule has 0 unspecified atom stereocenters. The van der Waals surface area contributed by atoms with Crippen LogP contribution >= 0.6 is 0 Å². The van der Waals surface area contributed by atoms with Crippen LogP contribution in [0.1, 0.15) is 29.6 Å². The van der Waals surface area contributed by atoms with Gasteiger partial charge in [0.05, 0.1) is 13.5 Å². The molecule has 2 fully saturated rings. The Hall–Kier alpha value is -2.94. The van der Waals surface area contributed by atoms with E-state index in [-0.39, 0.29) is 18.9 Å². The van der Waals surface area contributed by atoms with Crippen LogP contribution in [0.25, 0.3) is 0 Å². The molecule has 0 bridgehead atoms. The summed E-state index contributed by atoms with van der Waals surface area (Å²) in [4.78, 5) is 50.3. The molecule has 2 aliphatic heterocycles. The van der Waals surface area contributed by atoms with Gasteiger partial charge in [-0.1, -0.05) is 6.07 Å². The quantitative estimate of drug-likeness (QED) is 0.701. The summed E-state index contributed by atoms with van der Waals surface area (Å²) in [5, 5.41) is 5.41. The van der Waals surface area contributed by atoms with E-state index in [2.05, 4.69) is 15.4 Å². The zero-order valence-corrected chi connectivity index (χ0v) is 15.6. The molecule has 0 radical (unpaired) electrons. The zero-order chi connectivity index (χ0) is 20.1. The van der Waals surface area contributed by atoms with E-state index in [9.17, 15) is 19.2 Å². The van der Waals surface area contributed by atoms with E-state index in [1.165, 1.54) is 12.0 Å². The molecule has 0 aliphatic carbocycles. The number of benzene rings is 1. The van der Waals surface area contributed by atoms with Crippen LogP contribution in [-0.4, -0.2) is 67.5 Å². The van der Waals surface area contributed by atoms with Gasteiger partial charge >= 0.3 is 5.97 Å². The predicted octanol–water partition coefficient (Wildman–Crippen LogP) is 0.308. The zero-order valence-electron chi connectivity index (χ0n) is 15.6. The summed E-state index contributed by atoms with van der Waals surface area (Å²) in [6.07, 6.45) is 0.816. The van der Waals surface area contributed by atoms with Crippen molar-refractivity contribution < 1.29 is 28.7 Å². The van der Waals surface area contributed by atoms with Crippen molar-refractivity contribution in [3.63, 3.8) is 0 Å². The lowest BCUT2D eigenvalue weighted by Crippen LogP contribution is -2.57. The van der Waals surface area contributed by atoms with Crippen LogP contribution in [-0.2, 0) is 23.9 Å². The van der Waals surface area contributed by atoms with Crippen molar-refractivity contribution in [3.05, 3.63) is 29.8 Å². The Balaban J connectivity index is 1.74. The normalized spacial score (nSPS) is 21.8. The van der Waals surface area contributed by atoms with Gasteiger partial charge in [0, 0.05) is 30.9 Å². The fraction of sp³-hybridized carbons (Fsp3) is 0.474. The van der Waals surface area contributed by atoms with Crippen LogP contribution in [0.5, 0.6) is 0 Å². The number of hydrogen-bond acceptors (Lipinski definition) is 6. The van der Waals surface area contributed by atoms with Gasteiger partial charge in [-0.15, -0.1) is 0 Å². The number of methoxy groups -OCH3 is 1. The molecule has 9 heteroatoms. The van der Waals surface area contributed by atoms with Crippen LogP contribution in [0.3, 0.4) is 0 Å². The number of piperazine rings is 1. The predicted molar refractivity (Wildman–Crippen MR) is 98.5 cm³/mol. The summed E-state index contributed by atoms with van der Waals surface area (Å²) < 4.78 is 9.99. The number of ether oxygens (including phenoxy) is 2. The molecule has 0 aromatic heterocycles. The van der Waals surface area contributed by atoms with E-state index in [0.29, 0.717) is 30.8 Å². The van der Waals surface area contributed by atoms with Gasteiger partial charge in [0.1, 0.15) is 12.1 Å². The monoisotopic (exact) mass is 389 g/mol. The van der Waals surface area contributed by atoms with E-state index in [1.807, 2.05) is 0 Å². The summed E-state index contributed by atoms with van der Waals surface area (Å²) in [6, 6.07) is 5.55. The number of hydrogen-bond donors (Lipinski definition) is 2. The molecule has 1 aromatic rings. The number of rotatable bonds is 5. The number of carbonyl (C=O) groups excluding carboxylic acids is 4. The first-order valence-electron chi connectivity index (χ1n) is 9.17. The van der Waals surface area contributed by atoms with Gasteiger partial charge in [-0.2, -0.15) is 0 Å². The molecule has 28 heavy (non-hydrogen) atoms. The average Bonchev–Trinajstić information content (AvgIpc) is 3.24. The number of nitrogens with one attached hydrogen (secondary N) is 2. The minimum Gasteiger partial charge on any atom is -0.469 e. The van der Waals surface area contributed by atoms with Crippen LogP contribution < -0.4 is 10.6 Å². The van der Waals surface area contributed by atoms with Crippen molar-refractivity contribution in [1.82, 2.24) is 10.2 Å². The largest absolute Gasteiger partial charge is 0.469 e. The van der Waals surface area contributed by atoms with E-state index in [0.717, 1.165) is 6.42 Å². The fourth-order valence-electron chi connectivity index (χ4n) is 3.30. The topological polar surface area (TPSA) is 114 Å². The third kappa shape index (κ3) is 4.48. The number of nitrogens with zero attached hydrogens (tertiary/aromatic N) is 1. The summed E-state index contributed by atoms with van der Waals surface area (Å²) in [5.74, 6) is -1.61. The highest BCUT2D eigenvalue weighted by Gasteiger charge is 2.35. The van der Waals surface area contributed by atoms with Crippen molar-refractivity contribution in [3.8, 4) is 0 Å². The first kappa shape index (κ1) is 19.8. The highest BCUT2D eigenvalue weighted by Crippen LogP contribution is 2.19. The molecule has 2 saturated heterocycles. The van der Waals surface area contributed by atoms with Crippen molar-refractivity contribution in [1.29, 1.82) is 0 Å². The third-order valence-electron chi connectivity index (χ3n) is 4.78. The summed E-state index contributed by atoms with van der Waals surface area (Å²) in [5.41, 5.74) is 0.784. The van der Waals surface area contributed by atoms with Gasteiger partial charge in [-0.3, -0.25) is 19.2 Å². The standard InChI is InChI=1S/C19H23N3O6/c1-27-16(23)11-14-17(24)20-7-8-22(14)19(26)12-4-2-5-13(10-12)21-18(25)15-6-3-9-28-15/h2,4-5,10,14-15H,3,6-9,11H2,1H3,(H,20,24)(H,21,25)/t14-,15-/m1/s1. The SMILES string of the molecule is COC(=O)C[C@@H]1C(=O)NCCN1C(=O)c1cccc(NC(=O)[C@H]2CCCO2)c1. The smallest absolute Gasteiger partial charge is 0.308 e. The number of anilines is 1. The maximum absolute atomic E-state index is 13.0. The van der Waals surface area contributed by atoms with Gasteiger partial charge in [-0.05, 0) is 31.0 Å². The second-order valence-electron chi connectivity index (χ2n) is 6.66. The molecule has 3 amide bonds. The van der Waals surface area contributed by atoms with Crippen molar-refractivity contribution in [2.75, 3.05) is 32.1 Å². The summed E-state index contributed by atoms with van der Waals surface area (Å²) in [7, 11) is 1.23. The van der Waals surface area contributed by atoms with Crippen molar-refractivity contribution >= 4 is 29.4 Å². The molecule has 0 spiro atoms. The van der Waals surface area contributed by atoms with Gasteiger partial charge in [0.2, 0.25) is 5.91 Å². The summed E-state index contributed by atoms with van der Waals surface area (Å²) in [6.45, 7) is 1.14. The fourth-order valence-corrected chi connectivity index (χ4v) is 3.30. The molecule has 0 saturated carbocycles. The van der Waals surface area contributed by atoms with Gasteiger partial charge in [0.25, 0.3) is 11.8 Å². The molecular weight excluding hydrogens is 366 g/mol. The molecule has 2 heterocycles. The highest BCUT2D eigenvalue weighted by molar-refractivity contribution is 6.01. The van der Waals surface area contributed by atoms with Crippen LogP contribution in [0, 0.1) is 0 Å². The minimum absolute atomic E-state index is 0.219. The Bertz CT molecular complexity index is 775. The minimum atomic E-state index is -0.932. The van der Waals surface area contributed by atoms with E-state index < -0.39 is 29.9 Å². The third-order valence-corrected chi connectivity index (χ3v) is 4.78.